The molecule has 1 atom stereocenters. The summed E-state index contributed by atoms with van der Waals surface area (Å²) in [7, 11) is 0. The lowest BCUT2D eigenvalue weighted by molar-refractivity contribution is -0.127. The molecular formula is C17H25N3O4. The molecule has 132 valence electrons. The van der Waals surface area contributed by atoms with Crippen molar-refractivity contribution in [1.82, 2.24) is 10.3 Å². The van der Waals surface area contributed by atoms with Gasteiger partial charge in [-0.15, -0.1) is 0 Å². The fraction of sp³-hybridized carbons (Fsp3) is 0.412. The van der Waals surface area contributed by atoms with Crippen molar-refractivity contribution >= 4 is 12.0 Å². The van der Waals surface area contributed by atoms with Crippen LogP contribution in [0.4, 0.5) is 4.79 Å². The summed E-state index contributed by atoms with van der Waals surface area (Å²) in [5.41, 5.74) is 2.09. The summed E-state index contributed by atoms with van der Waals surface area (Å²) in [6.45, 7) is 9.15. The summed E-state index contributed by atoms with van der Waals surface area (Å²) in [5, 5.41) is 9.52. The van der Waals surface area contributed by atoms with Gasteiger partial charge < -0.3 is 9.84 Å². The van der Waals surface area contributed by atoms with Crippen LogP contribution >= 0.6 is 0 Å². The van der Waals surface area contributed by atoms with E-state index in [9.17, 15) is 14.7 Å². The van der Waals surface area contributed by atoms with Gasteiger partial charge in [0.05, 0.1) is 0 Å². The molecule has 0 saturated carbocycles. The van der Waals surface area contributed by atoms with E-state index in [2.05, 4.69) is 12.0 Å². The maximum atomic E-state index is 12.1. The number of benzene rings is 1. The van der Waals surface area contributed by atoms with E-state index in [1.807, 2.05) is 0 Å². The van der Waals surface area contributed by atoms with E-state index in [4.69, 9.17) is 10.6 Å². The molecule has 0 spiro atoms. The van der Waals surface area contributed by atoms with Gasteiger partial charge >= 0.3 is 6.09 Å². The van der Waals surface area contributed by atoms with Gasteiger partial charge in [0.15, 0.2) is 0 Å². The van der Waals surface area contributed by atoms with Gasteiger partial charge in [-0.2, -0.15) is 0 Å². The summed E-state index contributed by atoms with van der Waals surface area (Å²) in [6, 6.07) is 6.17. The van der Waals surface area contributed by atoms with Crippen LogP contribution in [0.1, 0.15) is 26.3 Å². The average Bonchev–Trinajstić information content (AvgIpc) is 2.51. The molecule has 1 aromatic rings. The molecule has 0 radical (unpaired) electrons. The third-order valence-corrected chi connectivity index (χ3v) is 3.41. The van der Waals surface area contributed by atoms with Gasteiger partial charge in [-0.3, -0.25) is 15.1 Å². The van der Waals surface area contributed by atoms with Crippen molar-refractivity contribution in [2.24, 2.45) is 5.84 Å². The third-order valence-electron chi connectivity index (χ3n) is 3.41. The summed E-state index contributed by atoms with van der Waals surface area (Å²) in [4.78, 5) is 24.9. The number of nitrogens with one attached hydrogen (secondary N) is 1. The Morgan fingerprint density at radius 3 is 2.38 bits per heavy atom. The Morgan fingerprint density at radius 1 is 1.38 bits per heavy atom. The van der Waals surface area contributed by atoms with Crippen LogP contribution in [-0.2, 0) is 11.2 Å². The Bertz CT molecular complexity index is 578. The monoisotopic (exact) mass is 335 g/mol. The molecule has 24 heavy (non-hydrogen) atoms. The van der Waals surface area contributed by atoms with Crippen molar-refractivity contribution in [3.8, 4) is 5.75 Å². The minimum Gasteiger partial charge on any atom is -0.490 e. The van der Waals surface area contributed by atoms with Crippen molar-refractivity contribution in [3.05, 3.63) is 42.5 Å². The van der Waals surface area contributed by atoms with Gasteiger partial charge in [0.25, 0.3) is 5.91 Å². The van der Waals surface area contributed by atoms with E-state index in [-0.39, 0.29) is 6.42 Å². The lowest BCUT2D eigenvalue weighted by Gasteiger charge is -2.38. The van der Waals surface area contributed by atoms with Crippen LogP contribution < -0.4 is 16.0 Å². The molecule has 1 rings (SSSR count). The molecule has 1 aromatic carbocycles. The Balaban J connectivity index is 3.03. The standard InChI is InChI=1S/C17H25N3O4/c1-5-10-24-13-8-6-12(7-9-13)11-14(15(21)19-18)20(16(22)23)17(2,3)4/h5-9,14H,1,10-11,18H2,2-4H3,(H,19,21)(H,22,23)/t14-/m0/s1. The van der Waals surface area contributed by atoms with Gasteiger partial charge in [0.2, 0.25) is 0 Å². The predicted molar refractivity (Wildman–Crippen MR) is 91.6 cm³/mol. The number of hydrogen-bond donors (Lipinski definition) is 3. The van der Waals surface area contributed by atoms with Crippen LogP contribution in [0.5, 0.6) is 5.75 Å². The molecule has 0 aliphatic rings. The predicted octanol–water partition coefficient (Wildman–Crippen LogP) is 1.93. The Kier molecular flexibility index (Phi) is 6.79. The van der Waals surface area contributed by atoms with Gasteiger partial charge in [0, 0.05) is 12.0 Å². The minimum atomic E-state index is -1.18. The molecule has 7 heteroatoms. The summed E-state index contributed by atoms with van der Waals surface area (Å²) >= 11 is 0. The zero-order valence-electron chi connectivity index (χ0n) is 14.3. The average molecular weight is 335 g/mol. The second kappa shape index (κ2) is 8.35. The Hall–Kier alpha value is -2.54. The Labute approximate surface area is 142 Å². The number of rotatable bonds is 7. The quantitative estimate of drug-likeness (QED) is 0.306. The Morgan fingerprint density at radius 2 is 1.96 bits per heavy atom. The molecule has 7 nitrogen and oxygen atoms in total. The first-order valence-electron chi connectivity index (χ1n) is 7.56. The molecule has 0 aromatic heterocycles. The molecule has 0 aliphatic heterocycles. The first kappa shape index (κ1) is 19.5. The van der Waals surface area contributed by atoms with Crippen molar-refractivity contribution in [2.75, 3.05) is 6.61 Å². The van der Waals surface area contributed by atoms with E-state index in [1.165, 1.54) is 0 Å². The number of amides is 2. The van der Waals surface area contributed by atoms with E-state index in [0.717, 1.165) is 10.5 Å². The zero-order valence-corrected chi connectivity index (χ0v) is 14.3. The number of nitrogens with two attached hydrogens (primary N) is 1. The fourth-order valence-electron chi connectivity index (χ4n) is 2.39. The van der Waals surface area contributed by atoms with E-state index in [0.29, 0.717) is 12.4 Å². The number of hydrazine groups is 1. The maximum absolute atomic E-state index is 12.1. The SMILES string of the molecule is C=CCOc1ccc(C[C@@H](C(=O)NN)N(C(=O)O)C(C)(C)C)cc1. The highest BCUT2D eigenvalue weighted by atomic mass is 16.5. The summed E-state index contributed by atoms with van der Waals surface area (Å²) in [5.74, 6) is 5.35. The molecule has 0 unspecified atom stereocenters. The number of carboxylic acid groups (broad SMARTS) is 1. The normalized spacial score (nSPS) is 12.2. The third kappa shape index (κ3) is 5.27. The lowest BCUT2D eigenvalue weighted by atomic mass is 9.98. The summed E-state index contributed by atoms with van der Waals surface area (Å²) < 4.78 is 5.40. The molecule has 0 saturated heterocycles. The number of hydrogen-bond acceptors (Lipinski definition) is 4. The van der Waals surface area contributed by atoms with E-state index in [1.54, 1.807) is 51.1 Å². The van der Waals surface area contributed by atoms with Crippen molar-refractivity contribution in [2.45, 2.75) is 38.8 Å². The second-order valence-corrected chi connectivity index (χ2v) is 6.30. The van der Waals surface area contributed by atoms with Crippen molar-refractivity contribution < 1.29 is 19.4 Å². The van der Waals surface area contributed by atoms with Gasteiger partial charge in [0.1, 0.15) is 18.4 Å². The van der Waals surface area contributed by atoms with E-state index < -0.39 is 23.6 Å². The van der Waals surface area contributed by atoms with Crippen molar-refractivity contribution in [3.63, 3.8) is 0 Å². The largest absolute Gasteiger partial charge is 0.490 e. The molecule has 0 heterocycles. The smallest absolute Gasteiger partial charge is 0.408 e. The number of ether oxygens (including phenoxy) is 1. The lowest BCUT2D eigenvalue weighted by Crippen LogP contribution is -2.58. The number of nitrogens with zero attached hydrogens (tertiary/aromatic N) is 1. The van der Waals surface area contributed by atoms with Crippen molar-refractivity contribution in [1.29, 1.82) is 0 Å². The van der Waals surface area contributed by atoms with Gasteiger partial charge in [-0.25, -0.2) is 10.6 Å². The molecule has 0 aliphatic carbocycles. The molecule has 0 bridgehead atoms. The van der Waals surface area contributed by atoms with Gasteiger partial charge in [-0.05, 0) is 38.5 Å². The highest BCUT2D eigenvalue weighted by Crippen LogP contribution is 2.21. The summed E-state index contributed by atoms with van der Waals surface area (Å²) in [6.07, 6.45) is 0.667. The molecular weight excluding hydrogens is 310 g/mol. The maximum Gasteiger partial charge on any atom is 0.408 e. The molecule has 0 fully saturated rings. The highest BCUT2D eigenvalue weighted by molar-refractivity contribution is 5.85. The first-order chi connectivity index (χ1) is 11.2. The van der Waals surface area contributed by atoms with Crippen LogP contribution in [0.2, 0.25) is 0 Å². The van der Waals surface area contributed by atoms with Crippen LogP contribution in [0, 0.1) is 0 Å². The number of carbonyl (C=O) groups is 2. The van der Waals surface area contributed by atoms with E-state index >= 15 is 0 Å². The minimum absolute atomic E-state index is 0.203. The highest BCUT2D eigenvalue weighted by Gasteiger charge is 2.37. The zero-order chi connectivity index (χ0) is 18.3. The van der Waals surface area contributed by atoms with Crippen LogP contribution in [0.3, 0.4) is 0 Å². The first-order valence-corrected chi connectivity index (χ1v) is 7.56. The topological polar surface area (TPSA) is 105 Å². The molecule has 2 amide bonds. The van der Waals surface area contributed by atoms with Crippen LogP contribution in [-0.4, -0.2) is 40.2 Å². The fourth-order valence-corrected chi connectivity index (χ4v) is 2.39. The molecule has 4 N–H and O–H groups in total. The second-order valence-electron chi connectivity index (χ2n) is 6.30. The van der Waals surface area contributed by atoms with Crippen LogP contribution in [0.15, 0.2) is 36.9 Å². The number of carbonyl (C=O) groups excluding carboxylic acids is 1. The van der Waals surface area contributed by atoms with Gasteiger partial charge in [-0.1, -0.05) is 24.8 Å². The van der Waals surface area contributed by atoms with Crippen LogP contribution in [0.25, 0.3) is 0 Å².